The first-order valence-corrected chi connectivity index (χ1v) is 39.5. The standard InChI is InChI=1S/C76H130ClF3N12O16/c1-18-19-31-92-42-64(97)87(14)60(38-50-27-22-20-23-28-50)73(105)90(17)57(35-47(4)5)67(99)83-55(44-108-75(9,10)11)71(103)88(15)56(34-46(2)3)66(98)81-53(72(104)91-32-24-21-25-33-91)40-62(95)85(12)41-63(96)86(13)59(39-51-29-26-30-52(77)37-51)68(100)82-54(43-107-45-61(94)76(78,79)80)70(102)89(16)58(36-48(6)7)69(101)84-65(49(8)93)74(92)106/h46-61,65,93-94H,18-45H2,1-17H3,(H,81,98)(H,82,100)(H,83,99)(H,84,101)/t49-,51?,52?,53+,54+,55+,56+,57+,58+,59+,60+,61?,65+/m1/s1. The fraction of sp³-hybridized carbons (Fsp3) is 0.842. The molecule has 13 atom stereocenters. The molecule has 28 nitrogen and oxygen atoms in total. The molecule has 0 spiro atoms. The second kappa shape index (κ2) is 44.0. The molecule has 2 saturated heterocycles. The number of aliphatic hydroxyl groups excluding tert-OH is 2. The molecule has 12 amide bonds. The minimum Gasteiger partial charge on any atom is -0.391 e. The van der Waals surface area contributed by atoms with Gasteiger partial charge in [-0.1, -0.05) is 99.8 Å². The molecule has 32 heteroatoms. The maximum Gasteiger partial charge on any atom is 0.416 e. The van der Waals surface area contributed by atoms with Gasteiger partial charge in [-0.2, -0.15) is 13.2 Å². The summed E-state index contributed by atoms with van der Waals surface area (Å²) in [6.07, 6.45) is -1.29. The Morgan fingerprint density at radius 2 is 1.01 bits per heavy atom. The monoisotopic (exact) mass is 1560 g/mol. The molecule has 4 fully saturated rings. The first-order chi connectivity index (χ1) is 50.4. The molecule has 0 aromatic carbocycles. The number of piperidine rings is 1. The molecule has 2 aliphatic heterocycles. The van der Waals surface area contributed by atoms with E-state index in [2.05, 4.69) is 21.3 Å². The Labute approximate surface area is 643 Å². The van der Waals surface area contributed by atoms with Gasteiger partial charge in [0.15, 0.2) is 6.10 Å². The van der Waals surface area contributed by atoms with Crippen molar-refractivity contribution in [2.24, 2.45) is 29.6 Å². The van der Waals surface area contributed by atoms with Crippen molar-refractivity contribution < 1.29 is 90.4 Å². The van der Waals surface area contributed by atoms with Crippen molar-refractivity contribution >= 4 is 82.5 Å². The smallest absolute Gasteiger partial charge is 0.391 e. The Hall–Kier alpha value is -6.44. The maximum atomic E-state index is 15.6. The summed E-state index contributed by atoms with van der Waals surface area (Å²) in [6.45, 7) is 15.3. The van der Waals surface area contributed by atoms with Gasteiger partial charge in [0, 0.05) is 67.3 Å². The summed E-state index contributed by atoms with van der Waals surface area (Å²) in [5.41, 5.74) is -0.881. The number of rotatable bonds is 21. The average Bonchev–Trinajstić information content (AvgIpc) is 0.815. The third-order valence-corrected chi connectivity index (χ3v) is 21.5. The second-order valence-corrected chi connectivity index (χ2v) is 33.4. The first kappa shape index (κ1) is 93.9. The normalized spacial score (nSPS) is 27.3. The van der Waals surface area contributed by atoms with Gasteiger partial charge in [-0.05, 0) is 128 Å². The molecule has 4 aliphatic rings. The lowest BCUT2D eigenvalue weighted by Crippen LogP contribution is -2.62. The number of ether oxygens (including phenoxy) is 2. The summed E-state index contributed by atoms with van der Waals surface area (Å²) in [7, 11) is 7.98. The summed E-state index contributed by atoms with van der Waals surface area (Å²) >= 11 is 6.68. The van der Waals surface area contributed by atoms with Crippen molar-refractivity contribution in [1.29, 1.82) is 0 Å². The molecule has 618 valence electrons. The largest absolute Gasteiger partial charge is 0.416 e. The van der Waals surface area contributed by atoms with Crippen molar-refractivity contribution in [2.45, 2.75) is 288 Å². The molecule has 0 aromatic heterocycles. The molecule has 0 radical (unpaired) electrons. The fourth-order valence-corrected chi connectivity index (χ4v) is 14.8. The first-order valence-electron chi connectivity index (χ1n) is 39.0. The third kappa shape index (κ3) is 29.3. The van der Waals surface area contributed by atoms with Gasteiger partial charge in [0.05, 0.1) is 51.0 Å². The molecule has 6 N–H and O–H groups in total. The van der Waals surface area contributed by atoms with Crippen LogP contribution in [-0.2, 0) is 67.0 Å². The number of nitrogens with zero attached hydrogens (tertiary/aromatic N) is 8. The Kier molecular flexibility index (Phi) is 38.2. The Morgan fingerprint density at radius 3 is 1.51 bits per heavy atom. The lowest BCUT2D eigenvalue weighted by molar-refractivity contribution is -0.217. The highest BCUT2D eigenvalue weighted by Gasteiger charge is 2.45. The van der Waals surface area contributed by atoms with Gasteiger partial charge < -0.3 is 80.2 Å². The summed E-state index contributed by atoms with van der Waals surface area (Å²) in [6, 6.07) is -13.7. The van der Waals surface area contributed by atoms with Crippen LogP contribution in [-0.4, -0.2) is 299 Å². The maximum absolute atomic E-state index is 15.6. The van der Waals surface area contributed by atoms with Gasteiger partial charge in [0.25, 0.3) is 0 Å². The molecular weight excluding hydrogens is 1430 g/mol. The summed E-state index contributed by atoms with van der Waals surface area (Å²) in [4.78, 5) is 190. The van der Waals surface area contributed by atoms with Crippen LogP contribution in [0.2, 0.25) is 0 Å². The predicted octanol–water partition coefficient (Wildman–Crippen LogP) is 5.00. The molecule has 2 aliphatic carbocycles. The molecule has 2 heterocycles. The number of hydrogen-bond acceptors (Lipinski definition) is 16. The lowest BCUT2D eigenvalue weighted by atomic mass is 9.84. The van der Waals surface area contributed by atoms with Crippen LogP contribution in [0.1, 0.15) is 205 Å². The van der Waals surface area contributed by atoms with Crippen LogP contribution in [0.15, 0.2) is 0 Å². The zero-order valence-electron chi connectivity index (χ0n) is 67.3. The van der Waals surface area contributed by atoms with E-state index in [0.717, 1.165) is 63.0 Å². The van der Waals surface area contributed by atoms with E-state index in [-0.39, 0.29) is 67.7 Å². The quantitative estimate of drug-likeness (QED) is 0.0824. The van der Waals surface area contributed by atoms with Crippen LogP contribution in [0.3, 0.4) is 0 Å². The van der Waals surface area contributed by atoms with Crippen molar-refractivity contribution in [2.75, 3.05) is 94.8 Å². The van der Waals surface area contributed by atoms with E-state index in [1.807, 2.05) is 34.6 Å². The SMILES string of the molecule is CCCCN1CC(=O)N(C)[C@@H](CC2CCCCC2)C(=O)N(C)[C@@H](CC(C)C)C(=O)N[C@@H](COC(C)(C)C)C(=O)N(C)[C@@H](CC(C)C)C(=O)N[C@H](C(=O)N2CCCCC2)CC(=O)N(C)CC(=O)N(C)[C@@H](CC2CCCC(Cl)C2)C(=O)N[C@@H](COCC(O)C(F)(F)F)C(=O)N(C)[C@@H](CC(C)C)C(=O)N[C@@H]([C@@H](C)O)C1=O. The summed E-state index contributed by atoms with van der Waals surface area (Å²) in [5.74, 6) is -11.3. The molecule has 2 saturated carbocycles. The van der Waals surface area contributed by atoms with Gasteiger partial charge >= 0.3 is 6.18 Å². The number of carbonyl (C=O) groups excluding carboxylic acids is 12. The summed E-state index contributed by atoms with van der Waals surface area (Å²) < 4.78 is 52.9. The van der Waals surface area contributed by atoms with E-state index in [9.17, 15) is 42.6 Å². The predicted molar refractivity (Wildman–Crippen MR) is 401 cm³/mol. The molecular formula is C76H130ClF3N12O16. The number of amides is 12. The number of carbonyl (C=O) groups is 12. The zero-order chi connectivity index (χ0) is 81.4. The minimum atomic E-state index is -5.18. The van der Waals surface area contributed by atoms with Crippen molar-refractivity contribution in [3.05, 3.63) is 0 Å². The number of nitrogens with one attached hydrogen (secondary N) is 4. The number of hydrogen-bond donors (Lipinski definition) is 6. The van der Waals surface area contributed by atoms with Crippen LogP contribution in [0.25, 0.3) is 0 Å². The third-order valence-electron chi connectivity index (χ3n) is 21.1. The molecule has 0 bridgehead atoms. The van der Waals surface area contributed by atoms with Crippen LogP contribution in [0.4, 0.5) is 13.2 Å². The second-order valence-electron chi connectivity index (χ2n) is 32.8. The number of likely N-dealkylation sites (tertiary alicyclic amines) is 1. The van der Waals surface area contributed by atoms with Gasteiger partial charge in [0.2, 0.25) is 70.9 Å². The average molecular weight is 1560 g/mol. The minimum absolute atomic E-state index is 0.0118. The topological polar surface area (TPSA) is 338 Å². The highest BCUT2D eigenvalue weighted by molar-refractivity contribution is 6.20. The Bertz CT molecular complexity index is 2990. The highest BCUT2D eigenvalue weighted by Crippen LogP contribution is 2.33. The van der Waals surface area contributed by atoms with Crippen molar-refractivity contribution in [3.63, 3.8) is 0 Å². The molecule has 0 aromatic rings. The van der Waals surface area contributed by atoms with E-state index < -0.39 is 194 Å². The number of unbranched alkanes of at least 4 members (excludes halogenated alkanes) is 1. The zero-order valence-corrected chi connectivity index (χ0v) is 68.1. The number of likely N-dealkylation sites (N-methyl/N-ethyl adjacent to an activating group) is 6. The van der Waals surface area contributed by atoms with Gasteiger partial charge in [0.1, 0.15) is 54.4 Å². The van der Waals surface area contributed by atoms with Crippen LogP contribution in [0.5, 0.6) is 0 Å². The highest BCUT2D eigenvalue weighted by atomic mass is 35.5. The number of alkyl halides is 4. The van der Waals surface area contributed by atoms with Gasteiger partial charge in [-0.15, -0.1) is 11.6 Å². The van der Waals surface area contributed by atoms with E-state index in [1.165, 1.54) is 63.9 Å². The van der Waals surface area contributed by atoms with Crippen LogP contribution in [0, 0.1) is 29.6 Å². The Morgan fingerprint density at radius 1 is 0.546 bits per heavy atom. The summed E-state index contributed by atoms with van der Waals surface area (Å²) in [5, 5.41) is 32.0. The number of halogens is 4. The molecule has 4 rings (SSSR count). The van der Waals surface area contributed by atoms with Crippen molar-refractivity contribution in [1.82, 2.24) is 60.5 Å². The van der Waals surface area contributed by atoms with E-state index in [1.54, 1.807) is 34.6 Å². The van der Waals surface area contributed by atoms with Crippen molar-refractivity contribution in [3.8, 4) is 0 Å². The van der Waals surface area contributed by atoms with E-state index in [4.69, 9.17) is 21.1 Å². The fourth-order valence-electron chi connectivity index (χ4n) is 14.4. The van der Waals surface area contributed by atoms with E-state index >= 15 is 38.4 Å². The van der Waals surface area contributed by atoms with Crippen LogP contribution < -0.4 is 21.3 Å². The Balaban J connectivity index is 2.02. The lowest BCUT2D eigenvalue weighted by Gasteiger charge is -2.39. The van der Waals surface area contributed by atoms with Gasteiger partial charge in [-0.3, -0.25) is 57.5 Å². The molecule has 108 heavy (non-hydrogen) atoms. The van der Waals surface area contributed by atoms with Crippen LogP contribution >= 0.6 is 11.6 Å². The number of aliphatic hydroxyl groups is 2. The van der Waals surface area contributed by atoms with Gasteiger partial charge in [-0.25, -0.2) is 0 Å². The molecule has 3 unspecified atom stereocenters. The van der Waals surface area contributed by atoms with E-state index in [0.29, 0.717) is 64.5 Å².